The fourth-order valence-electron chi connectivity index (χ4n) is 2.66. The van der Waals surface area contributed by atoms with Crippen LogP contribution in [0.3, 0.4) is 0 Å². The molecule has 3 rings (SSSR count). The van der Waals surface area contributed by atoms with Crippen LogP contribution >= 0.6 is 34.8 Å². The van der Waals surface area contributed by atoms with Crippen molar-refractivity contribution in [1.82, 2.24) is 14.8 Å². The van der Waals surface area contributed by atoms with Gasteiger partial charge in [-0.25, -0.2) is 14.5 Å². The van der Waals surface area contributed by atoms with Gasteiger partial charge in [0.15, 0.2) is 0 Å². The van der Waals surface area contributed by atoms with Gasteiger partial charge in [0, 0.05) is 22.9 Å². The number of halogens is 3. The fourth-order valence-corrected chi connectivity index (χ4v) is 2.82. The van der Waals surface area contributed by atoms with Gasteiger partial charge in [-0.15, -0.1) is 0 Å². The fraction of sp³-hybridized carbons (Fsp3) is 0.350. The molecule has 0 saturated heterocycles. The topological polar surface area (TPSA) is 78.3 Å². The quantitative estimate of drug-likeness (QED) is 0.498. The molecule has 0 saturated carbocycles. The number of hydrogen-bond acceptors (Lipinski definition) is 5. The Morgan fingerprint density at radius 2 is 1.87 bits per heavy atom. The van der Waals surface area contributed by atoms with Gasteiger partial charge in [-0.1, -0.05) is 55.6 Å². The minimum absolute atomic E-state index is 0.241. The molecule has 0 fully saturated rings. The second kappa shape index (κ2) is 8.49. The molecule has 1 N–H and O–H groups in total. The van der Waals surface area contributed by atoms with Gasteiger partial charge >= 0.3 is 6.09 Å². The van der Waals surface area contributed by atoms with E-state index >= 15 is 0 Å². The van der Waals surface area contributed by atoms with Crippen molar-refractivity contribution in [2.24, 2.45) is 0 Å². The molecule has 3 aromatic rings. The first-order valence-corrected chi connectivity index (χ1v) is 10.2. The zero-order valence-electron chi connectivity index (χ0n) is 16.9. The normalized spacial score (nSPS) is 12.1. The second-order valence-corrected chi connectivity index (χ2v) is 10.1. The molecule has 0 spiro atoms. The third kappa shape index (κ3) is 5.47. The number of alkyl halides is 3. The molecule has 2 heterocycles. The number of aromatic nitrogens is 3. The van der Waals surface area contributed by atoms with E-state index in [1.807, 2.05) is 45.0 Å². The Bertz CT molecular complexity index is 1070. The van der Waals surface area contributed by atoms with Crippen LogP contribution in [-0.4, -0.2) is 38.4 Å². The summed E-state index contributed by atoms with van der Waals surface area (Å²) in [4.78, 5) is 16.6. The molecule has 7 nitrogen and oxygen atoms in total. The summed E-state index contributed by atoms with van der Waals surface area (Å²) in [5.74, 6) is 0.957. The lowest BCUT2D eigenvalue weighted by Crippen LogP contribution is -2.22. The summed E-state index contributed by atoms with van der Waals surface area (Å²) in [6, 6.07) is 11.1. The van der Waals surface area contributed by atoms with Crippen LogP contribution in [0.25, 0.3) is 16.6 Å². The summed E-state index contributed by atoms with van der Waals surface area (Å²) >= 11 is 16.9. The monoisotopic (exact) mass is 470 g/mol. The maximum absolute atomic E-state index is 12.2. The molecule has 2 aromatic heterocycles. The number of ether oxygens (including phenoxy) is 2. The van der Waals surface area contributed by atoms with E-state index in [1.165, 1.54) is 0 Å². The number of pyridine rings is 1. The summed E-state index contributed by atoms with van der Waals surface area (Å²) in [5, 5.41) is 8.24. The number of nitrogens with one attached hydrogen (secondary N) is 1. The summed E-state index contributed by atoms with van der Waals surface area (Å²) < 4.78 is 10.1. The van der Waals surface area contributed by atoms with Crippen LogP contribution in [0.2, 0.25) is 0 Å². The molecular formula is C20H21Cl3N4O3. The van der Waals surface area contributed by atoms with Crippen molar-refractivity contribution in [2.45, 2.75) is 30.0 Å². The first kappa shape index (κ1) is 22.5. The van der Waals surface area contributed by atoms with E-state index in [2.05, 4.69) is 15.4 Å². The van der Waals surface area contributed by atoms with Gasteiger partial charge in [0.25, 0.3) is 0 Å². The number of rotatable bonds is 4. The van der Waals surface area contributed by atoms with Crippen LogP contribution < -0.4 is 10.1 Å². The Labute approximate surface area is 189 Å². The summed E-state index contributed by atoms with van der Waals surface area (Å²) in [6.45, 7) is 5.71. The molecule has 0 bridgehead atoms. The van der Waals surface area contributed by atoms with Gasteiger partial charge in [0.2, 0.25) is 9.67 Å². The van der Waals surface area contributed by atoms with E-state index in [0.29, 0.717) is 11.7 Å². The average molecular weight is 472 g/mol. The standard InChI is InChI=1S/C20H21Cl3N4O3/c1-19(2,3)15-10-16(25-18(28)30-11-20(21,22)23)27(26-15)13-6-7-14-12(9-13)5-8-17(24-14)29-4/h5-10H,11H2,1-4H3,(H,25,28). The van der Waals surface area contributed by atoms with Crippen molar-refractivity contribution < 1.29 is 14.3 Å². The number of anilines is 1. The zero-order chi connectivity index (χ0) is 22.1. The minimum Gasteiger partial charge on any atom is -0.481 e. The molecular weight excluding hydrogens is 451 g/mol. The zero-order valence-corrected chi connectivity index (χ0v) is 19.1. The number of methoxy groups -OCH3 is 1. The molecule has 0 aliphatic heterocycles. The summed E-state index contributed by atoms with van der Waals surface area (Å²) in [5.41, 5.74) is 2.06. The van der Waals surface area contributed by atoms with Crippen LogP contribution in [0.1, 0.15) is 26.5 Å². The molecule has 0 aliphatic rings. The Balaban J connectivity index is 1.97. The van der Waals surface area contributed by atoms with Crippen molar-refractivity contribution in [1.29, 1.82) is 0 Å². The molecule has 0 atom stereocenters. The van der Waals surface area contributed by atoms with Crippen LogP contribution in [0.15, 0.2) is 36.4 Å². The summed E-state index contributed by atoms with van der Waals surface area (Å²) in [6.07, 6.45) is -0.755. The van der Waals surface area contributed by atoms with E-state index in [9.17, 15) is 4.79 Å². The molecule has 0 radical (unpaired) electrons. The Morgan fingerprint density at radius 3 is 2.50 bits per heavy atom. The number of amides is 1. The largest absolute Gasteiger partial charge is 0.481 e. The van der Waals surface area contributed by atoms with Crippen LogP contribution in [0.5, 0.6) is 5.88 Å². The van der Waals surface area contributed by atoms with Crippen molar-refractivity contribution in [3.05, 3.63) is 42.1 Å². The van der Waals surface area contributed by atoms with E-state index in [0.717, 1.165) is 22.3 Å². The molecule has 0 aliphatic carbocycles. The smallest absolute Gasteiger partial charge is 0.412 e. The van der Waals surface area contributed by atoms with Crippen molar-refractivity contribution in [3.8, 4) is 11.6 Å². The van der Waals surface area contributed by atoms with E-state index in [1.54, 1.807) is 23.9 Å². The number of hydrogen-bond donors (Lipinski definition) is 1. The third-order valence-corrected chi connectivity index (χ3v) is 4.50. The van der Waals surface area contributed by atoms with Crippen molar-refractivity contribution in [3.63, 3.8) is 0 Å². The molecule has 160 valence electrons. The highest BCUT2D eigenvalue weighted by molar-refractivity contribution is 6.67. The molecule has 1 aromatic carbocycles. The predicted octanol–water partition coefficient (Wildman–Crippen LogP) is 5.65. The van der Waals surface area contributed by atoms with Gasteiger partial charge in [-0.05, 0) is 24.3 Å². The Morgan fingerprint density at radius 1 is 1.13 bits per heavy atom. The third-order valence-electron chi connectivity index (χ3n) is 4.18. The number of carbonyl (C=O) groups is 1. The number of fused-ring (bicyclic) bond motifs is 1. The average Bonchev–Trinajstić information content (AvgIpc) is 3.09. The SMILES string of the molecule is COc1ccc2cc(-n3nc(C(C)(C)C)cc3NC(=O)OCC(Cl)(Cl)Cl)ccc2n1. The molecule has 30 heavy (non-hydrogen) atoms. The molecule has 1 amide bonds. The first-order valence-electron chi connectivity index (χ1n) is 9.02. The van der Waals surface area contributed by atoms with Crippen molar-refractivity contribution in [2.75, 3.05) is 19.0 Å². The lowest BCUT2D eigenvalue weighted by molar-refractivity contribution is 0.163. The predicted molar refractivity (Wildman–Crippen MR) is 119 cm³/mol. The Hall–Kier alpha value is -2.22. The second-order valence-electron chi connectivity index (χ2n) is 7.62. The van der Waals surface area contributed by atoms with Gasteiger partial charge in [0.05, 0.1) is 24.0 Å². The van der Waals surface area contributed by atoms with Crippen LogP contribution in [-0.2, 0) is 10.2 Å². The first-order chi connectivity index (χ1) is 14.0. The van der Waals surface area contributed by atoms with Gasteiger partial charge in [-0.3, -0.25) is 5.32 Å². The van der Waals surface area contributed by atoms with Crippen LogP contribution in [0.4, 0.5) is 10.6 Å². The highest BCUT2D eigenvalue weighted by Gasteiger charge is 2.24. The van der Waals surface area contributed by atoms with E-state index < -0.39 is 9.89 Å². The lowest BCUT2D eigenvalue weighted by Gasteiger charge is -2.14. The van der Waals surface area contributed by atoms with E-state index in [-0.39, 0.29) is 12.0 Å². The van der Waals surface area contributed by atoms with Crippen LogP contribution in [0, 0.1) is 0 Å². The van der Waals surface area contributed by atoms with Crippen molar-refractivity contribution >= 4 is 57.6 Å². The summed E-state index contributed by atoms with van der Waals surface area (Å²) in [7, 11) is 1.57. The lowest BCUT2D eigenvalue weighted by atomic mass is 9.92. The maximum Gasteiger partial charge on any atom is 0.412 e. The Kier molecular flexibility index (Phi) is 6.36. The van der Waals surface area contributed by atoms with Gasteiger partial charge in [0.1, 0.15) is 12.4 Å². The molecule has 10 heteroatoms. The van der Waals surface area contributed by atoms with E-state index in [4.69, 9.17) is 44.3 Å². The maximum atomic E-state index is 12.2. The van der Waals surface area contributed by atoms with Gasteiger partial charge in [-0.2, -0.15) is 5.10 Å². The molecule has 0 unspecified atom stereocenters. The number of nitrogens with zero attached hydrogens (tertiary/aromatic N) is 3. The minimum atomic E-state index is -1.69. The number of benzene rings is 1. The number of carbonyl (C=O) groups excluding carboxylic acids is 1. The van der Waals surface area contributed by atoms with Gasteiger partial charge < -0.3 is 9.47 Å². The highest BCUT2D eigenvalue weighted by atomic mass is 35.6. The highest BCUT2D eigenvalue weighted by Crippen LogP contribution is 2.29.